The lowest BCUT2D eigenvalue weighted by Crippen LogP contribution is -2.79. The second-order valence-corrected chi connectivity index (χ2v) is 10.1. The largest absolute Gasteiger partial charge is 0.373 e. The number of fused-ring (bicyclic) bond motifs is 2. The Morgan fingerprint density at radius 1 is 1.03 bits per heavy atom. The lowest BCUT2D eigenvalue weighted by molar-refractivity contribution is -0.236. The van der Waals surface area contributed by atoms with E-state index in [-0.39, 0.29) is 5.60 Å². The first-order valence-corrected chi connectivity index (χ1v) is 11.3. The van der Waals surface area contributed by atoms with Gasteiger partial charge in [-0.2, -0.15) is 0 Å². The fourth-order valence-corrected chi connectivity index (χ4v) is 7.63. The molecule has 5 aliphatic rings. The van der Waals surface area contributed by atoms with Gasteiger partial charge in [-0.15, -0.1) is 4.98 Å². The fourth-order valence-electron chi connectivity index (χ4n) is 7.63. The fraction of sp³-hybridized carbons (Fsp3) is 0.538. The van der Waals surface area contributed by atoms with Gasteiger partial charge in [0.1, 0.15) is 6.20 Å². The highest BCUT2D eigenvalue weighted by molar-refractivity contribution is 5.44. The van der Waals surface area contributed by atoms with Crippen LogP contribution < -0.4 is 0 Å². The lowest BCUT2D eigenvalue weighted by atomic mass is 9.36. The first kappa shape index (κ1) is 18.5. The number of rotatable bonds is 4. The molecule has 4 aliphatic carbocycles. The lowest BCUT2D eigenvalue weighted by Gasteiger charge is -2.76. The van der Waals surface area contributed by atoms with Gasteiger partial charge in [0.2, 0.25) is 0 Å². The maximum absolute atomic E-state index is 7.39. The van der Waals surface area contributed by atoms with Crippen molar-refractivity contribution < 1.29 is 4.74 Å². The molecular weight excluding hydrogens is 370 g/mol. The molecule has 30 heavy (non-hydrogen) atoms. The summed E-state index contributed by atoms with van der Waals surface area (Å²) in [4.78, 5) is 10.6. The SMILES string of the molecule is [C-]#[N+]c1cc(C2(OC)C3CCCC2CN(C24CC(c5ccccc5)(C2)C4)C3)ccn1. The minimum atomic E-state index is -0.266. The predicted molar refractivity (Wildman–Crippen MR) is 116 cm³/mol. The van der Waals surface area contributed by atoms with Crippen molar-refractivity contribution in [2.75, 3.05) is 20.2 Å². The summed E-state index contributed by atoms with van der Waals surface area (Å²) in [5.74, 6) is 1.45. The van der Waals surface area contributed by atoms with Crippen LogP contribution in [0.15, 0.2) is 48.7 Å². The molecule has 1 aliphatic heterocycles. The Morgan fingerprint density at radius 2 is 1.73 bits per heavy atom. The van der Waals surface area contributed by atoms with Crippen LogP contribution in [0.1, 0.15) is 49.7 Å². The van der Waals surface area contributed by atoms with Crippen molar-refractivity contribution >= 4 is 5.82 Å². The number of hydrogen-bond acceptors (Lipinski definition) is 3. The van der Waals surface area contributed by atoms with E-state index in [1.54, 1.807) is 11.8 Å². The first-order valence-electron chi connectivity index (χ1n) is 11.3. The highest BCUT2D eigenvalue weighted by Gasteiger charge is 2.72. The number of likely N-dealkylation sites (tertiary alicyclic amines) is 1. The number of aromatic nitrogens is 1. The van der Waals surface area contributed by atoms with Crippen molar-refractivity contribution in [1.29, 1.82) is 0 Å². The Bertz CT molecular complexity index is 977. The van der Waals surface area contributed by atoms with Crippen LogP contribution in [-0.4, -0.2) is 35.6 Å². The zero-order valence-corrected chi connectivity index (χ0v) is 17.7. The summed E-state index contributed by atoms with van der Waals surface area (Å²) in [6, 6.07) is 15.2. The highest BCUT2D eigenvalue weighted by Crippen LogP contribution is 2.71. The number of nitrogens with zero attached hydrogens (tertiary/aromatic N) is 3. The van der Waals surface area contributed by atoms with Crippen molar-refractivity contribution in [2.45, 2.75) is 55.1 Å². The Morgan fingerprint density at radius 3 is 2.37 bits per heavy atom. The summed E-state index contributed by atoms with van der Waals surface area (Å²) in [7, 11) is 1.88. The summed E-state index contributed by atoms with van der Waals surface area (Å²) in [5, 5.41) is 0. The zero-order valence-electron chi connectivity index (χ0n) is 17.7. The van der Waals surface area contributed by atoms with Gasteiger partial charge in [0.05, 0.1) is 5.60 Å². The second kappa shape index (κ2) is 6.39. The second-order valence-electron chi connectivity index (χ2n) is 10.1. The van der Waals surface area contributed by atoms with E-state index in [0.717, 1.165) is 13.1 Å². The summed E-state index contributed by atoms with van der Waals surface area (Å²) in [5.41, 5.74) is 3.31. The first-order chi connectivity index (χ1) is 14.6. The summed E-state index contributed by atoms with van der Waals surface area (Å²) >= 11 is 0. The molecule has 2 unspecified atom stereocenters. The van der Waals surface area contributed by atoms with E-state index in [9.17, 15) is 0 Å². The van der Waals surface area contributed by atoms with Crippen LogP contribution in [0.2, 0.25) is 0 Å². The van der Waals surface area contributed by atoms with E-state index in [4.69, 9.17) is 11.3 Å². The number of pyridine rings is 1. The summed E-state index contributed by atoms with van der Waals surface area (Å²) in [6.45, 7) is 9.62. The van der Waals surface area contributed by atoms with E-state index in [1.165, 1.54) is 44.1 Å². The molecule has 0 radical (unpaired) electrons. The monoisotopic (exact) mass is 399 g/mol. The molecule has 7 rings (SSSR count). The van der Waals surface area contributed by atoms with Crippen molar-refractivity contribution in [3.63, 3.8) is 0 Å². The van der Waals surface area contributed by atoms with E-state index >= 15 is 0 Å². The standard InChI is InChI=1S/C26H29N3O/c1-27-23-13-20(11-12-28-23)26(30-2)21-9-6-10-22(26)15-29(14-21)25-16-24(17-25,18-25)19-7-4-3-5-8-19/h3-5,7-8,11-13,21-22H,6,9-10,14-18H2,2H3. The molecule has 5 fully saturated rings. The Hall–Kier alpha value is -2.22. The minimum absolute atomic E-state index is 0.266. The summed E-state index contributed by atoms with van der Waals surface area (Å²) < 4.78 is 6.39. The van der Waals surface area contributed by atoms with Crippen LogP contribution >= 0.6 is 0 Å². The van der Waals surface area contributed by atoms with Gasteiger partial charge in [0.15, 0.2) is 0 Å². The van der Waals surface area contributed by atoms with Crippen molar-refractivity contribution in [3.05, 3.63) is 71.2 Å². The van der Waals surface area contributed by atoms with E-state index in [1.807, 2.05) is 13.2 Å². The number of benzene rings is 1. The molecule has 0 spiro atoms. The number of hydrogen-bond donors (Lipinski definition) is 0. The molecule has 2 aromatic rings. The van der Waals surface area contributed by atoms with Crippen molar-refractivity contribution in [3.8, 4) is 0 Å². The average molecular weight is 400 g/mol. The number of ether oxygens (including phenoxy) is 1. The molecule has 0 N–H and O–H groups in total. The van der Waals surface area contributed by atoms with Crippen LogP contribution in [0, 0.1) is 18.4 Å². The molecule has 2 atom stereocenters. The van der Waals surface area contributed by atoms with Gasteiger partial charge < -0.3 is 9.58 Å². The maximum Gasteiger partial charge on any atom is 0.269 e. The number of methoxy groups -OCH3 is 1. The van der Waals surface area contributed by atoms with Crippen LogP contribution in [0.5, 0.6) is 0 Å². The van der Waals surface area contributed by atoms with Crippen molar-refractivity contribution in [2.24, 2.45) is 11.8 Å². The molecule has 0 amide bonds. The molecule has 2 heterocycles. The topological polar surface area (TPSA) is 29.7 Å². The third-order valence-electron chi connectivity index (χ3n) is 8.91. The van der Waals surface area contributed by atoms with Gasteiger partial charge >= 0.3 is 0 Å². The molecule has 1 saturated heterocycles. The van der Waals surface area contributed by atoms with E-state index in [0.29, 0.717) is 28.6 Å². The molecule has 1 aromatic carbocycles. The third-order valence-corrected chi connectivity index (χ3v) is 8.91. The molecule has 154 valence electrons. The van der Waals surface area contributed by atoms with Crippen LogP contribution in [0.4, 0.5) is 5.82 Å². The van der Waals surface area contributed by atoms with Gasteiger partial charge in [-0.1, -0.05) is 43.3 Å². The van der Waals surface area contributed by atoms with Crippen LogP contribution in [-0.2, 0) is 15.8 Å². The Balaban J connectivity index is 1.27. The quantitative estimate of drug-likeness (QED) is 0.672. The van der Waals surface area contributed by atoms with Gasteiger partial charge in [0.25, 0.3) is 5.82 Å². The highest BCUT2D eigenvalue weighted by atomic mass is 16.5. The molecule has 4 heteroatoms. The van der Waals surface area contributed by atoms with E-state index in [2.05, 4.69) is 51.1 Å². The van der Waals surface area contributed by atoms with Crippen molar-refractivity contribution in [1.82, 2.24) is 9.88 Å². The Kier molecular flexibility index (Phi) is 3.95. The van der Waals surface area contributed by atoms with Crippen LogP contribution in [0.3, 0.4) is 0 Å². The van der Waals surface area contributed by atoms with Gasteiger partial charge in [-0.25, -0.2) is 0 Å². The normalized spacial score (nSPS) is 39.5. The Labute approximate surface area is 179 Å². The summed E-state index contributed by atoms with van der Waals surface area (Å²) in [6.07, 6.45) is 9.45. The van der Waals surface area contributed by atoms with Gasteiger partial charge in [0, 0.05) is 43.0 Å². The van der Waals surface area contributed by atoms with E-state index < -0.39 is 0 Å². The molecule has 4 bridgehead atoms. The third kappa shape index (κ3) is 2.31. The average Bonchev–Trinajstić information content (AvgIpc) is 2.72. The predicted octanol–water partition coefficient (Wildman–Crippen LogP) is 5.08. The minimum Gasteiger partial charge on any atom is -0.373 e. The molecule has 1 aromatic heterocycles. The number of piperidine rings is 1. The molecular formula is C26H29N3O. The zero-order chi connectivity index (χ0) is 20.4. The molecule has 4 nitrogen and oxygen atoms in total. The van der Waals surface area contributed by atoms with Gasteiger partial charge in [-0.3, -0.25) is 4.90 Å². The van der Waals surface area contributed by atoms with Gasteiger partial charge in [-0.05, 0) is 55.4 Å². The smallest absolute Gasteiger partial charge is 0.269 e. The molecule has 4 saturated carbocycles. The maximum atomic E-state index is 7.39. The van der Waals surface area contributed by atoms with Crippen LogP contribution in [0.25, 0.3) is 4.85 Å².